The lowest BCUT2D eigenvalue weighted by Gasteiger charge is -2.24. The Morgan fingerprint density at radius 1 is 0.907 bits per heavy atom. The Kier molecular flexibility index (Phi) is 7.65. The summed E-state index contributed by atoms with van der Waals surface area (Å²) >= 11 is 0. The number of ether oxygens (including phenoxy) is 1. The van der Waals surface area contributed by atoms with Gasteiger partial charge in [0.25, 0.3) is 0 Å². The molecule has 12 heteroatoms. The van der Waals surface area contributed by atoms with Crippen LogP contribution in [0.3, 0.4) is 0 Å². The lowest BCUT2D eigenvalue weighted by atomic mass is 9.98. The summed E-state index contributed by atoms with van der Waals surface area (Å²) in [5.41, 5.74) is 5.48. The van der Waals surface area contributed by atoms with E-state index in [1.807, 2.05) is 60.7 Å². The van der Waals surface area contributed by atoms with Crippen LogP contribution in [-0.2, 0) is 0 Å². The number of aromatic amines is 1. The zero-order valence-corrected chi connectivity index (χ0v) is 22.7. The van der Waals surface area contributed by atoms with Crippen molar-refractivity contribution in [2.75, 3.05) is 28.6 Å². The molecule has 1 fully saturated rings. The van der Waals surface area contributed by atoms with Crippen molar-refractivity contribution in [1.29, 1.82) is 0 Å². The molecule has 0 bridgehead atoms. The number of alkyl halides is 3. The Morgan fingerprint density at radius 3 is 2.37 bits per heavy atom. The van der Waals surface area contributed by atoms with Gasteiger partial charge in [-0.1, -0.05) is 60.7 Å². The summed E-state index contributed by atoms with van der Waals surface area (Å²) in [4.78, 5) is 15.4. The number of nitrogens with zero attached hydrogens (tertiary/aromatic N) is 4. The summed E-state index contributed by atoms with van der Waals surface area (Å²) in [6, 6.07) is 28.3. The Labute approximate surface area is 244 Å². The van der Waals surface area contributed by atoms with Gasteiger partial charge in [0.1, 0.15) is 5.75 Å². The minimum atomic E-state index is -4.80. The molecule has 2 heterocycles. The van der Waals surface area contributed by atoms with E-state index in [1.54, 1.807) is 0 Å². The van der Waals surface area contributed by atoms with Gasteiger partial charge in [0.05, 0.1) is 11.4 Å². The third kappa shape index (κ3) is 6.58. The summed E-state index contributed by atoms with van der Waals surface area (Å²) in [6.07, 6.45) is -3.84. The van der Waals surface area contributed by atoms with Gasteiger partial charge in [-0.05, 0) is 69.9 Å². The van der Waals surface area contributed by atoms with Crippen LogP contribution in [0.4, 0.5) is 35.0 Å². The van der Waals surface area contributed by atoms with Crippen molar-refractivity contribution in [3.05, 3.63) is 103 Å². The third-order valence-electron chi connectivity index (χ3n) is 7.23. The predicted molar refractivity (Wildman–Crippen MR) is 157 cm³/mol. The first kappa shape index (κ1) is 27.8. The quantitative estimate of drug-likeness (QED) is 0.189. The molecule has 1 aliphatic heterocycles. The van der Waals surface area contributed by atoms with Crippen LogP contribution in [0.25, 0.3) is 22.5 Å². The van der Waals surface area contributed by atoms with E-state index in [2.05, 4.69) is 53.0 Å². The smallest absolute Gasteiger partial charge is 0.406 e. The van der Waals surface area contributed by atoms with Gasteiger partial charge < -0.3 is 20.3 Å². The first-order valence-corrected chi connectivity index (χ1v) is 13.5. The molecule has 218 valence electrons. The second kappa shape index (κ2) is 11.8. The van der Waals surface area contributed by atoms with Gasteiger partial charge in [-0.25, -0.2) is 9.89 Å². The van der Waals surface area contributed by atoms with Crippen molar-refractivity contribution >= 4 is 23.1 Å². The van der Waals surface area contributed by atoms with E-state index >= 15 is 0 Å². The number of tetrazole rings is 1. The molecule has 2 amide bonds. The molecule has 1 unspecified atom stereocenters. The van der Waals surface area contributed by atoms with Crippen LogP contribution in [0.5, 0.6) is 5.75 Å². The summed E-state index contributed by atoms with van der Waals surface area (Å²) in [6.45, 7) is 1.58. The third-order valence-corrected chi connectivity index (χ3v) is 7.23. The van der Waals surface area contributed by atoms with Crippen LogP contribution in [0.2, 0.25) is 0 Å². The highest BCUT2D eigenvalue weighted by atomic mass is 19.4. The number of hydrogen-bond donors (Lipinski definition) is 3. The van der Waals surface area contributed by atoms with Gasteiger partial charge in [0.15, 0.2) is 5.82 Å². The van der Waals surface area contributed by atoms with Gasteiger partial charge in [-0.15, -0.1) is 18.3 Å². The number of aromatic nitrogens is 4. The van der Waals surface area contributed by atoms with E-state index in [0.29, 0.717) is 23.1 Å². The molecule has 0 spiro atoms. The van der Waals surface area contributed by atoms with E-state index < -0.39 is 12.4 Å². The number of H-pyrrole nitrogens is 1. The van der Waals surface area contributed by atoms with Crippen molar-refractivity contribution in [2.24, 2.45) is 0 Å². The number of amides is 2. The molecule has 0 radical (unpaired) electrons. The first-order valence-electron chi connectivity index (χ1n) is 13.5. The predicted octanol–water partition coefficient (Wildman–Crippen LogP) is 7.07. The fraction of sp³-hybridized carbons (Fsp3) is 0.161. The molecular formula is C31H26F3N7O2. The number of hydrogen-bond acceptors (Lipinski definition) is 6. The van der Waals surface area contributed by atoms with E-state index in [1.165, 1.54) is 17.7 Å². The van der Waals surface area contributed by atoms with E-state index in [0.717, 1.165) is 54.0 Å². The first-order chi connectivity index (χ1) is 20.8. The molecule has 6 rings (SSSR count). The SMILES string of the molecule is O=C(Nc1ccc(OC(F)(F)F)cc1)Nc1cc(-c2ccccc2-c2nnn[nH]2)ccc1N1CCC(c2ccccc2)C1. The number of benzene rings is 4. The van der Waals surface area contributed by atoms with Crippen LogP contribution >= 0.6 is 0 Å². The largest absolute Gasteiger partial charge is 0.573 e. The molecule has 9 nitrogen and oxygen atoms in total. The minimum absolute atomic E-state index is 0.304. The van der Waals surface area contributed by atoms with Crippen molar-refractivity contribution in [3.8, 4) is 28.3 Å². The van der Waals surface area contributed by atoms with Crippen molar-refractivity contribution in [3.63, 3.8) is 0 Å². The monoisotopic (exact) mass is 585 g/mol. The Hall–Kier alpha value is -5.39. The zero-order chi connectivity index (χ0) is 29.8. The van der Waals surface area contributed by atoms with Gasteiger partial charge in [0, 0.05) is 30.3 Å². The van der Waals surface area contributed by atoms with Crippen molar-refractivity contribution in [2.45, 2.75) is 18.7 Å². The van der Waals surface area contributed by atoms with Crippen molar-refractivity contribution < 1.29 is 22.7 Å². The number of urea groups is 1. The molecule has 0 aliphatic carbocycles. The summed E-state index contributed by atoms with van der Waals surface area (Å²) in [5, 5.41) is 19.9. The molecule has 5 aromatic rings. The molecular weight excluding hydrogens is 559 g/mol. The lowest BCUT2D eigenvalue weighted by Crippen LogP contribution is -2.24. The van der Waals surface area contributed by atoms with E-state index in [4.69, 9.17) is 0 Å². The molecule has 1 aliphatic rings. The number of rotatable bonds is 7. The maximum atomic E-state index is 13.2. The maximum absolute atomic E-state index is 13.2. The van der Waals surface area contributed by atoms with Crippen molar-refractivity contribution in [1.82, 2.24) is 20.6 Å². The standard InChI is InChI=1S/C31H26F3N7O2/c32-31(33,34)43-24-13-11-23(12-14-24)35-30(42)36-27-18-21(25-8-4-5-9-26(25)29-37-39-40-38-29)10-15-28(27)41-17-16-22(19-41)20-6-2-1-3-7-20/h1-15,18,22H,16-17,19H2,(H2,35,36,42)(H,37,38,39,40). The number of carbonyl (C=O) groups is 1. The number of carbonyl (C=O) groups excluding carboxylic acids is 1. The molecule has 43 heavy (non-hydrogen) atoms. The highest BCUT2D eigenvalue weighted by Gasteiger charge is 2.31. The summed E-state index contributed by atoms with van der Waals surface area (Å²) in [7, 11) is 0. The molecule has 4 aromatic carbocycles. The fourth-order valence-electron chi connectivity index (χ4n) is 5.30. The van der Waals surface area contributed by atoms with Gasteiger partial charge in [-0.3, -0.25) is 0 Å². The van der Waals surface area contributed by atoms with E-state index in [-0.39, 0.29) is 5.75 Å². The van der Waals surface area contributed by atoms with Crippen LogP contribution in [-0.4, -0.2) is 46.1 Å². The van der Waals surface area contributed by atoms with Gasteiger partial charge in [-0.2, -0.15) is 0 Å². The second-order valence-corrected chi connectivity index (χ2v) is 10.0. The molecule has 1 aromatic heterocycles. The average molecular weight is 586 g/mol. The van der Waals surface area contributed by atoms with Gasteiger partial charge >= 0.3 is 12.4 Å². The van der Waals surface area contributed by atoms with Crippen LogP contribution < -0.4 is 20.3 Å². The number of halogens is 3. The Balaban J connectivity index is 1.29. The fourth-order valence-corrected chi connectivity index (χ4v) is 5.30. The van der Waals surface area contributed by atoms with Crippen LogP contribution in [0.15, 0.2) is 97.1 Å². The number of anilines is 3. The highest BCUT2D eigenvalue weighted by Crippen LogP contribution is 2.39. The topological polar surface area (TPSA) is 108 Å². The Bertz CT molecular complexity index is 1700. The highest BCUT2D eigenvalue weighted by molar-refractivity contribution is 6.02. The normalized spacial score (nSPS) is 14.9. The molecule has 1 saturated heterocycles. The van der Waals surface area contributed by atoms with Gasteiger partial charge in [0.2, 0.25) is 0 Å². The van der Waals surface area contributed by atoms with Crippen LogP contribution in [0, 0.1) is 0 Å². The lowest BCUT2D eigenvalue weighted by molar-refractivity contribution is -0.274. The summed E-state index contributed by atoms with van der Waals surface area (Å²) < 4.78 is 41.5. The second-order valence-electron chi connectivity index (χ2n) is 10.0. The summed E-state index contributed by atoms with van der Waals surface area (Å²) in [5.74, 6) is 0.478. The zero-order valence-electron chi connectivity index (χ0n) is 22.7. The van der Waals surface area contributed by atoms with E-state index in [9.17, 15) is 18.0 Å². The Morgan fingerprint density at radius 2 is 1.65 bits per heavy atom. The number of nitrogens with one attached hydrogen (secondary N) is 3. The van der Waals surface area contributed by atoms with Crippen LogP contribution in [0.1, 0.15) is 17.9 Å². The maximum Gasteiger partial charge on any atom is 0.573 e. The molecule has 0 saturated carbocycles. The average Bonchev–Trinajstić information content (AvgIpc) is 3.71. The molecule has 1 atom stereocenters. The minimum Gasteiger partial charge on any atom is -0.406 e. The molecule has 3 N–H and O–H groups in total.